The quantitative estimate of drug-likeness (QED) is 0.118. The normalized spacial score (nSPS) is 12.8. The van der Waals surface area contributed by atoms with Crippen molar-refractivity contribution in [2.75, 3.05) is 13.6 Å². The summed E-state index contributed by atoms with van der Waals surface area (Å²) in [6, 6.07) is 20.6. The fourth-order valence-electron chi connectivity index (χ4n) is 5.29. The maximum atomic E-state index is 13.7. The SMILES string of the molecule is CCCCCCCCCCCCCCCCCCN(C)C(=O)C(P)(Cc1ccccc1)c1ccccc1. The van der Waals surface area contributed by atoms with Gasteiger partial charge in [-0.15, -0.1) is 9.24 Å². The van der Waals surface area contributed by atoms with Crippen molar-refractivity contribution in [1.29, 1.82) is 0 Å². The summed E-state index contributed by atoms with van der Waals surface area (Å²) in [5, 5.41) is -0.633. The number of hydrogen-bond donors (Lipinski definition) is 0. The lowest BCUT2D eigenvalue weighted by molar-refractivity contribution is -0.132. The Morgan fingerprint density at radius 2 is 1.05 bits per heavy atom. The van der Waals surface area contributed by atoms with Crippen LogP contribution in [-0.2, 0) is 16.4 Å². The first-order valence-corrected chi connectivity index (χ1v) is 15.8. The third-order valence-corrected chi connectivity index (χ3v) is 8.47. The lowest BCUT2D eigenvalue weighted by Gasteiger charge is -2.33. The van der Waals surface area contributed by atoms with Crippen LogP contribution < -0.4 is 0 Å². The van der Waals surface area contributed by atoms with Crippen LogP contribution in [0.15, 0.2) is 60.7 Å². The highest BCUT2D eigenvalue weighted by molar-refractivity contribution is 7.20. The Morgan fingerprint density at radius 3 is 1.51 bits per heavy atom. The van der Waals surface area contributed by atoms with E-state index in [0.717, 1.165) is 18.5 Å². The van der Waals surface area contributed by atoms with Gasteiger partial charge in [0.05, 0.1) is 5.16 Å². The van der Waals surface area contributed by atoms with Crippen molar-refractivity contribution < 1.29 is 4.79 Å². The van der Waals surface area contributed by atoms with Crippen LogP contribution in [-0.4, -0.2) is 24.4 Å². The van der Waals surface area contributed by atoms with Crippen LogP contribution in [0.25, 0.3) is 0 Å². The monoisotopic (exact) mass is 523 g/mol. The molecule has 0 saturated carbocycles. The van der Waals surface area contributed by atoms with Gasteiger partial charge >= 0.3 is 0 Å². The molecule has 2 aromatic carbocycles. The molecule has 2 rings (SSSR count). The van der Waals surface area contributed by atoms with Crippen molar-refractivity contribution in [3.63, 3.8) is 0 Å². The number of carbonyl (C=O) groups is 1. The minimum atomic E-state index is -0.633. The second-order valence-corrected chi connectivity index (χ2v) is 12.0. The minimum Gasteiger partial charge on any atom is -0.345 e. The van der Waals surface area contributed by atoms with Gasteiger partial charge in [-0.1, -0.05) is 164 Å². The van der Waals surface area contributed by atoms with Crippen LogP contribution in [0.5, 0.6) is 0 Å². The largest absolute Gasteiger partial charge is 0.345 e. The molecule has 0 aliphatic carbocycles. The summed E-state index contributed by atoms with van der Waals surface area (Å²) < 4.78 is 0. The Morgan fingerprint density at radius 1 is 0.649 bits per heavy atom. The number of carbonyl (C=O) groups excluding carboxylic acids is 1. The third kappa shape index (κ3) is 12.6. The van der Waals surface area contributed by atoms with Crippen molar-refractivity contribution in [2.24, 2.45) is 0 Å². The molecule has 0 radical (unpaired) electrons. The van der Waals surface area contributed by atoms with Crippen molar-refractivity contribution in [1.82, 2.24) is 4.90 Å². The fraction of sp³-hybridized carbons (Fsp3) is 0.618. The summed E-state index contributed by atoms with van der Waals surface area (Å²) in [4.78, 5) is 15.6. The van der Waals surface area contributed by atoms with Crippen LogP contribution in [0.1, 0.15) is 121 Å². The summed E-state index contributed by atoms with van der Waals surface area (Å²) >= 11 is 0. The molecule has 0 fully saturated rings. The number of hydrogen-bond acceptors (Lipinski definition) is 1. The highest BCUT2D eigenvalue weighted by Gasteiger charge is 2.37. The van der Waals surface area contributed by atoms with Crippen LogP contribution in [0.3, 0.4) is 0 Å². The summed E-state index contributed by atoms with van der Waals surface area (Å²) in [6.45, 7) is 3.12. The summed E-state index contributed by atoms with van der Waals surface area (Å²) in [5.74, 6) is 0.188. The Kier molecular flexibility index (Phi) is 16.6. The van der Waals surface area contributed by atoms with Gasteiger partial charge in [0.15, 0.2) is 0 Å². The number of nitrogens with zero attached hydrogens (tertiary/aromatic N) is 1. The summed E-state index contributed by atoms with van der Waals surface area (Å²) in [7, 11) is 4.88. The molecule has 0 spiro atoms. The zero-order valence-corrected chi connectivity index (χ0v) is 25.1. The van der Waals surface area contributed by atoms with E-state index in [-0.39, 0.29) is 5.91 Å². The van der Waals surface area contributed by atoms with E-state index in [9.17, 15) is 4.79 Å². The number of amides is 1. The maximum Gasteiger partial charge on any atom is 0.237 e. The van der Waals surface area contributed by atoms with Crippen molar-refractivity contribution in [2.45, 2.75) is 121 Å². The lowest BCUT2D eigenvalue weighted by atomic mass is 9.89. The summed E-state index contributed by atoms with van der Waals surface area (Å²) in [6.07, 6.45) is 22.6. The zero-order valence-electron chi connectivity index (χ0n) is 23.9. The highest BCUT2D eigenvalue weighted by atomic mass is 31.0. The molecule has 1 amide bonds. The fourth-order valence-corrected chi connectivity index (χ4v) is 5.94. The van der Waals surface area contributed by atoms with E-state index in [1.165, 1.54) is 102 Å². The van der Waals surface area contributed by atoms with Gasteiger partial charge in [0.1, 0.15) is 0 Å². The van der Waals surface area contributed by atoms with Crippen LogP contribution in [0.2, 0.25) is 0 Å². The molecule has 2 aromatic rings. The van der Waals surface area contributed by atoms with Crippen LogP contribution >= 0.6 is 9.24 Å². The van der Waals surface area contributed by atoms with E-state index in [1.807, 2.05) is 36.2 Å². The molecule has 0 N–H and O–H groups in total. The Hall–Kier alpha value is -1.66. The minimum absolute atomic E-state index is 0.188. The average Bonchev–Trinajstić information content (AvgIpc) is 2.93. The first-order valence-electron chi connectivity index (χ1n) is 15.2. The number of benzene rings is 2. The number of likely N-dealkylation sites (N-methyl/N-ethyl adjacent to an activating group) is 1. The van der Waals surface area contributed by atoms with Gasteiger partial charge in [0.2, 0.25) is 5.91 Å². The zero-order chi connectivity index (χ0) is 26.6. The molecule has 3 heteroatoms. The van der Waals surface area contributed by atoms with E-state index >= 15 is 0 Å². The molecule has 0 heterocycles. The van der Waals surface area contributed by atoms with Gasteiger partial charge in [-0.25, -0.2) is 0 Å². The molecule has 37 heavy (non-hydrogen) atoms. The van der Waals surface area contributed by atoms with Gasteiger partial charge in [-0.2, -0.15) is 0 Å². The average molecular weight is 524 g/mol. The standard InChI is InChI=1S/C34H54NOP/c1-3-4-5-6-7-8-9-10-11-12-13-14-15-16-17-24-29-35(2)33(36)34(37,32-27-22-19-23-28-32)30-31-25-20-18-21-26-31/h18-23,25-28H,3-17,24,29-30,37H2,1-2H3. The van der Waals surface area contributed by atoms with Gasteiger partial charge in [-0.05, 0) is 24.0 Å². The Bertz CT molecular complexity index is 824. The van der Waals surface area contributed by atoms with E-state index < -0.39 is 5.16 Å². The maximum absolute atomic E-state index is 13.7. The van der Waals surface area contributed by atoms with Gasteiger partial charge < -0.3 is 4.90 Å². The molecule has 2 unspecified atom stereocenters. The summed E-state index contributed by atoms with van der Waals surface area (Å²) in [5.41, 5.74) is 2.25. The predicted octanol–water partition coefficient (Wildman–Crippen LogP) is 9.72. The molecule has 0 aliphatic heterocycles. The van der Waals surface area contributed by atoms with E-state index in [2.05, 4.69) is 52.6 Å². The van der Waals surface area contributed by atoms with Gasteiger partial charge in [0.25, 0.3) is 0 Å². The van der Waals surface area contributed by atoms with Crippen LogP contribution in [0, 0.1) is 0 Å². The van der Waals surface area contributed by atoms with Gasteiger partial charge in [0, 0.05) is 13.6 Å². The van der Waals surface area contributed by atoms with Crippen LogP contribution in [0.4, 0.5) is 0 Å². The number of rotatable bonds is 21. The molecule has 206 valence electrons. The Balaban J connectivity index is 1.60. The molecule has 2 nitrogen and oxygen atoms in total. The van der Waals surface area contributed by atoms with E-state index in [1.54, 1.807) is 0 Å². The molecule has 0 aliphatic rings. The Labute approximate surface area is 231 Å². The lowest BCUT2D eigenvalue weighted by Crippen LogP contribution is -2.43. The second kappa shape index (κ2) is 19.4. The topological polar surface area (TPSA) is 20.3 Å². The van der Waals surface area contributed by atoms with Crippen molar-refractivity contribution >= 4 is 15.1 Å². The molecular formula is C34H54NOP. The molecule has 0 bridgehead atoms. The molecule has 0 saturated heterocycles. The molecule has 2 atom stereocenters. The van der Waals surface area contributed by atoms with Crippen molar-refractivity contribution in [3.8, 4) is 0 Å². The highest BCUT2D eigenvalue weighted by Crippen LogP contribution is 2.37. The van der Waals surface area contributed by atoms with Crippen molar-refractivity contribution in [3.05, 3.63) is 71.8 Å². The van der Waals surface area contributed by atoms with E-state index in [4.69, 9.17) is 0 Å². The number of unbranched alkanes of at least 4 members (excludes halogenated alkanes) is 15. The van der Waals surface area contributed by atoms with E-state index in [0.29, 0.717) is 6.42 Å². The first kappa shape index (κ1) is 31.6. The smallest absolute Gasteiger partial charge is 0.237 e. The first-order chi connectivity index (χ1) is 18.1. The predicted molar refractivity (Wildman–Crippen MR) is 165 cm³/mol. The second-order valence-electron chi connectivity index (χ2n) is 11.0. The molecule has 0 aromatic heterocycles. The van der Waals surface area contributed by atoms with Gasteiger partial charge in [-0.3, -0.25) is 4.79 Å². The third-order valence-electron chi connectivity index (χ3n) is 7.69. The molecular weight excluding hydrogens is 469 g/mol.